The third-order valence-electron chi connectivity index (χ3n) is 6.37. The highest BCUT2D eigenvalue weighted by Gasteiger charge is 2.34. The number of fused-ring (bicyclic) bond motifs is 1. The van der Waals surface area contributed by atoms with Gasteiger partial charge in [-0.05, 0) is 60.0 Å². The molecule has 0 N–H and O–H groups in total. The fourth-order valence-electron chi connectivity index (χ4n) is 4.46. The molecule has 0 spiro atoms. The Labute approximate surface area is 193 Å². The zero-order valence-corrected chi connectivity index (χ0v) is 18.8. The SMILES string of the molecule is CCC1CCN(C(=O)c2ccc(-c3cn(C)c(=O)c4ccc(F)cc34)cc2OC(F)(F)F)CC1. The lowest BCUT2D eigenvalue weighted by Crippen LogP contribution is -2.38. The summed E-state index contributed by atoms with van der Waals surface area (Å²) in [5, 5.41) is 0.473. The van der Waals surface area contributed by atoms with Crippen LogP contribution < -0.4 is 10.3 Å². The number of alkyl halides is 3. The number of pyridine rings is 1. The maximum absolute atomic E-state index is 14.0. The van der Waals surface area contributed by atoms with Crippen LogP contribution in [0.4, 0.5) is 17.6 Å². The van der Waals surface area contributed by atoms with E-state index in [-0.39, 0.29) is 27.5 Å². The van der Waals surface area contributed by atoms with E-state index in [4.69, 9.17) is 0 Å². The van der Waals surface area contributed by atoms with Crippen molar-refractivity contribution in [2.24, 2.45) is 13.0 Å². The second-order valence-electron chi connectivity index (χ2n) is 8.55. The Hall–Kier alpha value is -3.36. The third-order valence-corrected chi connectivity index (χ3v) is 6.37. The molecule has 1 aromatic heterocycles. The summed E-state index contributed by atoms with van der Waals surface area (Å²) in [4.78, 5) is 27.1. The molecule has 0 aliphatic carbocycles. The molecule has 0 unspecified atom stereocenters. The number of ether oxygens (including phenoxy) is 1. The molecule has 5 nitrogen and oxygen atoms in total. The third kappa shape index (κ3) is 4.78. The fourth-order valence-corrected chi connectivity index (χ4v) is 4.46. The molecule has 1 amide bonds. The molecule has 0 atom stereocenters. The number of hydrogen-bond acceptors (Lipinski definition) is 3. The van der Waals surface area contributed by atoms with E-state index in [0.717, 1.165) is 37.5 Å². The van der Waals surface area contributed by atoms with Crippen molar-refractivity contribution >= 4 is 16.7 Å². The first kappa shape index (κ1) is 23.8. The summed E-state index contributed by atoms with van der Waals surface area (Å²) in [6.45, 7) is 3.01. The minimum absolute atomic E-state index is 0.198. The molecule has 2 heterocycles. The predicted molar refractivity (Wildman–Crippen MR) is 120 cm³/mol. The van der Waals surface area contributed by atoms with Crippen LogP contribution in [0.15, 0.2) is 47.4 Å². The average molecular weight is 476 g/mol. The van der Waals surface area contributed by atoms with Crippen LogP contribution in [0.5, 0.6) is 5.75 Å². The quantitative estimate of drug-likeness (QED) is 0.467. The van der Waals surface area contributed by atoms with Crippen LogP contribution in [0.1, 0.15) is 36.5 Å². The Balaban J connectivity index is 1.80. The molecule has 1 saturated heterocycles. The number of likely N-dealkylation sites (tertiary alicyclic amines) is 1. The molecule has 4 rings (SSSR count). The number of carbonyl (C=O) groups excluding carboxylic acids is 1. The topological polar surface area (TPSA) is 51.5 Å². The van der Waals surface area contributed by atoms with Crippen LogP contribution in [0, 0.1) is 11.7 Å². The summed E-state index contributed by atoms with van der Waals surface area (Å²) in [6.07, 6.45) is -1.00. The maximum Gasteiger partial charge on any atom is 0.573 e. The Morgan fingerprint density at radius 1 is 1.09 bits per heavy atom. The molecule has 0 saturated carbocycles. The molecule has 34 heavy (non-hydrogen) atoms. The average Bonchev–Trinajstić information content (AvgIpc) is 2.80. The second-order valence-corrected chi connectivity index (χ2v) is 8.55. The van der Waals surface area contributed by atoms with E-state index in [1.54, 1.807) is 4.90 Å². The highest BCUT2D eigenvalue weighted by molar-refractivity contribution is 6.00. The van der Waals surface area contributed by atoms with Gasteiger partial charge in [0.15, 0.2) is 0 Å². The largest absolute Gasteiger partial charge is 0.573 e. The molecule has 180 valence electrons. The van der Waals surface area contributed by atoms with Crippen LogP contribution in [0.2, 0.25) is 0 Å². The van der Waals surface area contributed by atoms with E-state index >= 15 is 0 Å². The molecule has 0 bridgehead atoms. The number of rotatable bonds is 4. The number of hydrogen-bond donors (Lipinski definition) is 0. The summed E-state index contributed by atoms with van der Waals surface area (Å²) in [6, 6.07) is 7.54. The Kier molecular flexibility index (Phi) is 6.38. The van der Waals surface area contributed by atoms with Gasteiger partial charge in [0.05, 0.1) is 5.56 Å². The van der Waals surface area contributed by atoms with Gasteiger partial charge in [0.1, 0.15) is 11.6 Å². The van der Waals surface area contributed by atoms with Gasteiger partial charge in [-0.2, -0.15) is 0 Å². The predicted octanol–water partition coefficient (Wildman–Crippen LogP) is 5.51. The molecule has 1 aliphatic rings. The monoisotopic (exact) mass is 476 g/mol. The summed E-state index contributed by atoms with van der Waals surface area (Å²) < 4.78 is 59.2. The molecule has 3 aromatic rings. The smallest absolute Gasteiger partial charge is 0.405 e. The van der Waals surface area contributed by atoms with Crippen molar-refractivity contribution in [1.82, 2.24) is 9.47 Å². The van der Waals surface area contributed by atoms with Gasteiger partial charge < -0.3 is 14.2 Å². The van der Waals surface area contributed by atoms with Gasteiger partial charge in [-0.1, -0.05) is 19.4 Å². The molecule has 2 aromatic carbocycles. The van der Waals surface area contributed by atoms with E-state index in [9.17, 15) is 27.2 Å². The van der Waals surface area contributed by atoms with Gasteiger partial charge in [-0.15, -0.1) is 13.2 Å². The lowest BCUT2D eigenvalue weighted by Gasteiger charge is -2.32. The fraction of sp³-hybridized carbons (Fsp3) is 0.360. The first-order valence-electron chi connectivity index (χ1n) is 11.1. The molecular formula is C25H24F4N2O3. The number of aromatic nitrogens is 1. The molecule has 1 fully saturated rings. The van der Waals surface area contributed by atoms with Crippen LogP contribution >= 0.6 is 0 Å². The highest BCUT2D eigenvalue weighted by Crippen LogP contribution is 2.35. The van der Waals surface area contributed by atoms with Gasteiger partial charge in [0.2, 0.25) is 0 Å². The molecular weight excluding hydrogens is 452 g/mol. The number of benzene rings is 2. The minimum Gasteiger partial charge on any atom is -0.405 e. The van der Waals surface area contributed by atoms with E-state index in [1.165, 1.54) is 36.0 Å². The van der Waals surface area contributed by atoms with Crippen LogP contribution in [-0.4, -0.2) is 34.8 Å². The summed E-state index contributed by atoms with van der Waals surface area (Å²) in [7, 11) is 1.50. The molecule has 0 radical (unpaired) electrons. The lowest BCUT2D eigenvalue weighted by atomic mass is 9.93. The number of halogens is 4. The standard InChI is InChI=1S/C25H24F4N2O3/c1-3-15-8-10-31(11-9-15)24(33)19-6-4-16(12-22(19)34-25(27,28)29)21-14-30(2)23(32)18-7-5-17(26)13-20(18)21/h4-7,12-15H,3,8-11H2,1-2H3. The van der Waals surface area contributed by atoms with E-state index in [1.807, 2.05) is 0 Å². The maximum atomic E-state index is 14.0. The van der Waals surface area contributed by atoms with Crippen molar-refractivity contribution < 1.29 is 27.1 Å². The number of aryl methyl sites for hydroxylation is 1. The van der Waals surface area contributed by atoms with Gasteiger partial charge >= 0.3 is 6.36 Å². The minimum atomic E-state index is -5.01. The van der Waals surface area contributed by atoms with Crippen molar-refractivity contribution in [3.8, 4) is 16.9 Å². The normalized spacial score (nSPS) is 15.1. The first-order valence-corrected chi connectivity index (χ1v) is 11.1. The number of piperidine rings is 1. The summed E-state index contributed by atoms with van der Waals surface area (Å²) in [5.41, 5.74) is 0.0298. The lowest BCUT2D eigenvalue weighted by molar-refractivity contribution is -0.274. The number of amides is 1. The van der Waals surface area contributed by atoms with Crippen LogP contribution in [0.3, 0.4) is 0 Å². The second kappa shape index (κ2) is 9.12. The number of carbonyl (C=O) groups is 1. The van der Waals surface area contributed by atoms with Crippen LogP contribution in [0.25, 0.3) is 21.9 Å². The van der Waals surface area contributed by atoms with Crippen molar-refractivity contribution in [3.05, 3.63) is 64.3 Å². The van der Waals surface area contributed by atoms with Crippen molar-refractivity contribution in [3.63, 3.8) is 0 Å². The zero-order valence-electron chi connectivity index (χ0n) is 18.8. The van der Waals surface area contributed by atoms with Gasteiger partial charge in [-0.25, -0.2) is 4.39 Å². The van der Waals surface area contributed by atoms with E-state index in [0.29, 0.717) is 24.6 Å². The molecule has 9 heteroatoms. The van der Waals surface area contributed by atoms with Crippen molar-refractivity contribution in [2.75, 3.05) is 13.1 Å². The van der Waals surface area contributed by atoms with Crippen molar-refractivity contribution in [2.45, 2.75) is 32.5 Å². The number of nitrogens with zero attached hydrogens (tertiary/aromatic N) is 2. The zero-order chi connectivity index (χ0) is 24.6. The van der Waals surface area contributed by atoms with Crippen molar-refractivity contribution in [1.29, 1.82) is 0 Å². The highest BCUT2D eigenvalue weighted by atomic mass is 19.4. The van der Waals surface area contributed by atoms with E-state index in [2.05, 4.69) is 11.7 Å². The van der Waals surface area contributed by atoms with Gasteiger partial charge in [0.25, 0.3) is 11.5 Å². The first-order chi connectivity index (χ1) is 16.1. The van der Waals surface area contributed by atoms with Gasteiger partial charge in [-0.3, -0.25) is 9.59 Å². The Morgan fingerprint density at radius 2 is 1.79 bits per heavy atom. The molecule has 1 aliphatic heterocycles. The Morgan fingerprint density at radius 3 is 2.44 bits per heavy atom. The Bertz CT molecular complexity index is 1290. The summed E-state index contributed by atoms with van der Waals surface area (Å²) >= 11 is 0. The van der Waals surface area contributed by atoms with Crippen LogP contribution in [-0.2, 0) is 7.05 Å². The summed E-state index contributed by atoms with van der Waals surface area (Å²) in [5.74, 6) is -1.26. The van der Waals surface area contributed by atoms with E-state index < -0.39 is 23.8 Å². The van der Waals surface area contributed by atoms with Gasteiger partial charge in [0, 0.05) is 37.3 Å².